The third kappa shape index (κ3) is 5.76. The summed E-state index contributed by atoms with van der Waals surface area (Å²) in [6.45, 7) is 1.81. The van der Waals surface area contributed by atoms with E-state index in [-0.39, 0.29) is 40.7 Å². The second-order valence-corrected chi connectivity index (χ2v) is 6.22. The summed E-state index contributed by atoms with van der Waals surface area (Å²) in [5.41, 5.74) is 0.428. The zero-order chi connectivity index (χ0) is 17.5. The van der Waals surface area contributed by atoms with Crippen LogP contribution >= 0.6 is 8.58 Å². The quantitative estimate of drug-likeness (QED) is 0.388. The first kappa shape index (κ1) is 21.5. The Balaban J connectivity index is 0.00000312. The van der Waals surface area contributed by atoms with E-state index >= 15 is 0 Å². The summed E-state index contributed by atoms with van der Waals surface area (Å²) in [4.78, 5) is 12.7. The molecule has 0 amide bonds. The molecule has 25 heavy (non-hydrogen) atoms. The molecule has 2 aromatic carbocycles. The zero-order valence-electron chi connectivity index (χ0n) is 16.2. The molecule has 0 fully saturated rings. The second-order valence-electron chi connectivity index (χ2n) is 4.94. The van der Waals surface area contributed by atoms with E-state index in [2.05, 4.69) is 0 Å². The number of benzene rings is 2. The monoisotopic (exact) mass is 356 g/mol. The van der Waals surface area contributed by atoms with Gasteiger partial charge in [-0.15, -0.1) is 0 Å². The molecular formula is C18H22LiO5P. The van der Waals surface area contributed by atoms with Gasteiger partial charge in [0.1, 0.15) is 22.8 Å². The van der Waals surface area contributed by atoms with E-state index in [0.717, 1.165) is 5.30 Å². The van der Waals surface area contributed by atoms with Gasteiger partial charge in [-0.25, -0.2) is 0 Å². The zero-order valence-corrected chi connectivity index (χ0v) is 16.2. The Labute approximate surface area is 163 Å². The number of carbonyl (C=O) groups excluding carboxylic acids is 1. The molecule has 0 aromatic heterocycles. The average Bonchev–Trinajstić information content (AvgIpc) is 2.62. The molecule has 0 bridgehead atoms. The smallest absolute Gasteiger partial charge is 1.00 e. The molecule has 2 unspecified atom stereocenters. The summed E-state index contributed by atoms with van der Waals surface area (Å²) in [5.74, 6) is 1.72. The maximum absolute atomic E-state index is 12.7. The topological polar surface area (TPSA) is 54.0 Å². The van der Waals surface area contributed by atoms with E-state index in [0.29, 0.717) is 22.8 Å². The Morgan fingerprint density at radius 2 is 1.56 bits per heavy atom. The Morgan fingerprint density at radius 1 is 1.00 bits per heavy atom. The van der Waals surface area contributed by atoms with Crippen LogP contribution in [-0.4, -0.2) is 33.1 Å². The van der Waals surface area contributed by atoms with Gasteiger partial charge in [-0.1, -0.05) is 18.2 Å². The van der Waals surface area contributed by atoms with Gasteiger partial charge in [0.15, 0.2) is 11.8 Å². The van der Waals surface area contributed by atoms with Crippen molar-refractivity contribution >= 4 is 19.4 Å². The fourth-order valence-electron chi connectivity index (χ4n) is 2.13. The van der Waals surface area contributed by atoms with Crippen LogP contribution in [0.2, 0.25) is 0 Å². The minimum absolute atomic E-state index is 0. The molecule has 2 atom stereocenters. The van der Waals surface area contributed by atoms with E-state index < -0.39 is 0 Å². The maximum atomic E-state index is 12.7. The van der Waals surface area contributed by atoms with Gasteiger partial charge in [-0.05, 0) is 45.1 Å². The Hall–Kier alpha value is -1.50. The predicted octanol–water partition coefficient (Wildman–Crippen LogP) is 0.336. The number of ether oxygens (including phenoxy) is 4. The van der Waals surface area contributed by atoms with Crippen LogP contribution in [0.4, 0.5) is 0 Å². The van der Waals surface area contributed by atoms with Crippen LogP contribution in [0.25, 0.3) is 0 Å². The summed E-state index contributed by atoms with van der Waals surface area (Å²) in [6, 6.07) is 12.7. The minimum Gasteiger partial charge on any atom is -1.00 e. The molecule has 5 nitrogen and oxygen atoms in total. The number of carbonyl (C=O) groups is 1. The summed E-state index contributed by atoms with van der Waals surface area (Å²) < 4.78 is 21.2. The largest absolute Gasteiger partial charge is 1.00 e. The molecule has 2 aromatic rings. The molecule has 0 spiro atoms. The third-order valence-electron chi connectivity index (χ3n) is 3.40. The molecule has 7 heteroatoms. The summed E-state index contributed by atoms with van der Waals surface area (Å²) in [7, 11) is 4.62. The molecule has 0 saturated carbocycles. The molecule has 0 aliphatic carbocycles. The van der Waals surface area contributed by atoms with Gasteiger partial charge in [-0.2, -0.15) is 0 Å². The Kier molecular flexibility index (Phi) is 9.03. The summed E-state index contributed by atoms with van der Waals surface area (Å²) >= 11 is 0. The van der Waals surface area contributed by atoms with Gasteiger partial charge in [-0.3, -0.25) is 4.79 Å². The molecule has 0 aliphatic heterocycles. The molecule has 0 N–H and O–H groups in total. The van der Waals surface area contributed by atoms with E-state index in [1.807, 2.05) is 31.2 Å². The van der Waals surface area contributed by atoms with E-state index in [1.165, 1.54) is 14.2 Å². The molecule has 0 saturated heterocycles. The third-order valence-corrected chi connectivity index (χ3v) is 4.50. The number of rotatable bonds is 8. The van der Waals surface area contributed by atoms with Crippen molar-refractivity contribution in [3.05, 3.63) is 48.0 Å². The SMILES string of the molecule is COc1cccc(OC)c1C(=O)Pc1ccc(OC(C)OC)cc1.[H-].[Li+]. The molecule has 0 aliphatic rings. The van der Waals surface area contributed by atoms with Gasteiger partial charge in [0.25, 0.3) is 0 Å². The van der Waals surface area contributed by atoms with Crippen LogP contribution in [0.5, 0.6) is 17.2 Å². The molecule has 0 heterocycles. The van der Waals surface area contributed by atoms with Gasteiger partial charge in [0.05, 0.1) is 14.2 Å². The van der Waals surface area contributed by atoms with Gasteiger partial charge < -0.3 is 20.4 Å². The van der Waals surface area contributed by atoms with Crippen molar-refractivity contribution in [2.24, 2.45) is 0 Å². The Bertz CT molecular complexity index is 674. The van der Waals surface area contributed by atoms with Crippen LogP contribution in [-0.2, 0) is 4.74 Å². The van der Waals surface area contributed by atoms with E-state index in [4.69, 9.17) is 18.9 Å². The Morgan fingerprint density at radius 3 is 2.04 bits per heavy atom. The van der Waals surface area contributed by atoms with Gasteiger partial charge in [0.2, 0.25) is 0 Å². The first-order chi connectivity index (χ1) is 11.6. The van der Waals surface area contributed by atoms with Crippen molar-refractivity contribution in [1.82, 2.24) is 0 Å². The van der Waals surface area contributed by atoms with Gasteiger partial charge >= 0.3 is 18.9 Å². The second kappa shape index (κ2) is 10.5. The molecule has 0 radical (unpaired) electrons. The summed E-state index contributed by atoms with van der Waals surface area (Å²) in [5, 5.41) is 0.908. The van der Waals surface area contributed by atoms with Crippen LogP contribution in [0.15, 0.2) is 42.5 Å². The standard InChI is InChI=1S/C18H21O5P.Li.H/c1-12(20-2)23-13-8-10-14(11-9-13)24-18(19)17-15(21-3)6-5-7-16(17)22-4;;/h5-12,24H,1-4H3;;/q;+1;-1. The van der Waals surface area contributed by atoms with Crippen molar-refractivity contribution in [3.8, 4) is 17.2 Å². The first-order valence-electron chi connectivity index (χ1n) is 7.41. The predicted molar refractivity (Wildman–Crippen MR) is 96.5 cm³/mol. The first-order valence-corrected chi connectivity index (χ1v) is 8.41. The van der Waals surface area contributed by atoms with Crippen LogP contribution in [0, 0.1) is 0 Å². The number of hydrogen-bond acceptors (Lipinski definition) is 5. The van der Waals surface area contributed by atoms with Crippen molar-refractivity contribution in [1.29, 1.82) is 0 Å². The van der Waals surface area contributed by atoms with Crippen LogP contribution < -0.4 is 38.4 Å². The van der Waals surface area contributed by atoms with Crippen molar-refractivity contribution in [2.75, 3.05) is 21.3 Å². The maximum Gasteiger partial charge on any atom is 1.00 e. The van der Waals surface area contributed by atoms with Crippen LogP contribution in [0.1, 0.15) is 18.7 Å². The van der Waals surface area contributed by atoms with E-state index in [9.17, 15) is 4.79 Å². The number of hydrogen-bond donors (Lipinski definition) is 0. The van der Waals surface area contributed by atoms with E-state index in [1.54, 1.807) is 25.3 Å². The molecule has 130 valence electrons. The molecule has 2 rings (SSSR count). The van der Waals surface area contributed by atoms with Crippen molar-refractivity contribution < 1.29 is 44.0 Å². The number of methoxy groups -OCH3 is 3. The van der Waals surface area contributed by atoms with Crippen molar-refractivity contribution in [2.45, 2.75) is 13.2 Å². The summed E-state index contributed by atoms with van der Waals surface area (Å²) in [6.07, 6.45) is -0.322. The van der Waals surface area contributed by atoms with Gasteiger partial charge in [0, 0.05) is 7.11 Å². The normalized spacial score (nSPS) is 11.7. The molecular weight excluding hydrogens is 334 g/mol. The van der Waals surface area contributed by atoms with Crippen molar-refractivity contribution in [3.63, 3.8) is 0 Å². The van der Waals surface area contributed by atoms with Crippen LogP contribution in [0.3, 0.4) is 0 Å². The fraction of sp³-hybridized carbons (Fsp3) is 0.278. The minimum atomic E-state index is -0.322. The fourth-order valence-corrected chi connectivity index (χ4v) is 3.09. The average molecular weight is 356 g/mol.